The zero-order valence-corrected chi connectivity index (χ0v) is 22.1. The van der Waals surface area contributed by atoms with E-state index in [4.69, 9.17) is 14.6 Å². The number of carbonyl (C=O) groups excluding carboxylic acids is 1. The average Bonchev–Trinajstić information content (AvgIpc) is 3.24. The first-order valence-electron chi connectivity index (χ1n) is 12.6. The molecule has 0 unspecified atom stereocenters. The molecule has 1 aromatic heterocycles. The number of hydrogen-bond donors (Lipinski definition) is 0. The number of nitrogens with zero attached hydrogens (tertiary/aromatic N) is 5. The number of anilines is 1. The number of likely N-dealkylation sites (N-methyl/N-ethyl adjacent to an activating group) is 1. The number of carbonyl (C=O) groups is 1. The summed E-state index contributed by atoms with van der Waals surface area (Å²) in [7, 11) is 5.36. The van der Waals surface area contributed by atoms with Gasteiger partial charge < -0.3 is 24.2 Å². The van der Waals surface area contributed by atoms with E-state index in [0.29, 0.717) is 43.1 Å². The van der Waals surface area contributed by atoms with Gasteiger partial charge in [-0.05, 0) is 56.8 Å². The Morgan fingerprint density at radius 3 is 2.54 bits per heavy atom. The Morgan fingerprint density at radius 1 is 1.08 bits per heavy atom. The van der Waals surface area contributed by atoms with Gasteiger partial charge in [0.15, 0.2) is 0 Å². The van der Waals surface area contributed by atoms with Crippen molar-refractivity contribution in [3.8, 4) is 11.4 Å². The summed E-state index contributed by atoms with van der Waals surface area (Å²) < 4.78 is 26.6. The summed E-state index contributed by atoms with van der Waals surface area (Å²) in [4.78, 5) is 20.1. The van der Waals surface area contributed by atoms with Crippen molar-refractivity contribution < 1.29 is 18.7 Å². The molecule has 1 aliphatic heterocycles. The molecule has 1 aliphatic rings. The number of methoxy groups -OCH3 is 2. The van der Waals surface area contributed by atoms with Crippen LogP contribution in [-0.4, -0.2) is 86.1 Å². The van der Waals surface area contributed by atoms with Crippen molar-refractivity contribution in [1.82, 2.24) is 19.6 Å². The molecule has 0 radical (unpaired) electrons. The van der Waals surface area contributed by atoms with Crippen LogP contribution in [-0.2, 0) is 11.3 Å². The number of rotatable bonds is 10. The average molecular weight is 510 g/mol. The lowest BCUT2D eigenvalue weighted by atomic mass is 10.1. The Kier molecular flexibility index (Phi) is 8.78. The van der Waals surface area contributed by atoms with Gasteiger partial charge in [0, 0.05) is 57.6 Å². The predicted octanol–water partition coefficient (Wildman–Crippen LogP) is 3.76. The van der Waals surface area contributed by atoms with E-state index in [-0.39, 0.29) is 11.7 Å². The number of benzene rings is 2. The molecule has 198 valence electrons. The van der Waals surface area contributed by atoms with Crippen molar-refractivity contribution in [3.05, 3.63) is 71.2 Å². The number of hydrogen-bond acceptors (Lipinski definition) is 6. The van der Waals surface area contributed by atoms with Crippen molar-refractivity contribution in [1.29, 1.82) is 0 Å². The van der Waals surface area contributed by atoms with Crippen LogP contribution in [0.25, 0.3) is 5.69 Å². The summed E-state index contributed by atoms with van der Waals surface area (Å²) in [5.41, 5.74) is 3.00. The summed E-state index contributed by atoms with van der Waals surface area (Å²) in [6.45, 7) is 6.86. The molecule has 2 heterocycles. The van der Waals surface area contributed by atoms with Crippen LogP contribution in [0.2, 0.25) is 0 Å². The highest BCUT2D eigenvalue weighted by molar-refractivity contribution is 5.94. The quantitative estimate of drug-likeness (QED) is 0.388. The number of piperazine rings is 1. The standard InChI is InChI=1S/C28H36FN5O3/c1-21-26(20-33(12-7-17-36-3)28(35)22-8-5-11-25(18-22)37-4)27(32-15-13-31(2)14-16-32)34(30-21)24-10-6-9-23(29)19-24/h5-6,8-11,18-19H,7,12-17,20H2,1-4H3. The van der Waals surface area contributed by atoms with Gasteiger partial charge in [-0.1, -0.05) is 12.1 Å². The zero-order chi connectivity index (χ0) is 26.4. The molecular formula is C28H36FN5O3. The van der Waals surface area contributed by atoms with Crippen LogP contribution < -0.4 is 9.64 Å². The van der Waals surface area contributed by atoms with Crippen LogP contribution in [0.5, 0.6) is 5.75 Å². The fourth-order valence-corrected chi connectivity index (χ4v) is 4.65. The molecule has 0 atom stereocenters. The fourth-order valence-electron chi connectivity index (χ4n) is 4.65. The highest BCUT2D eigenvalue weighted by Gasteiger charge is 2.27. The van der Waals surface area contributed by atoms with Gasteiger partial charge in [-0.3, -0.25) is 4.79 Å². The van der Waals surface area contributed by atoms with E-state index in [1.807, 2.05) is 34.7 Å². The lowest BCUT2D eigenvalue weighted by Crippen LogP contribution is -2.45. The Morgan fingerprint density at radius 2 is 1.84 bits per heavy atom. The molecule has 0 bridgehead atoms. The first kappa shape index (κ1) is 26.6. The first-order valence-corrected chi connectivity index (χ1v) is 12.6. The molecular weight excluding hydrogens is 473 g/mol. The summed E-state index contributed by atoms with van der Waals surface area (Å²) in [6.07, 6.45) is 0.702. The van der Waals surface area contributed by atoms with Gasteiger partial charge in [-0.2, -0.15) is 5.10 Å². The van der Waals surface area contributed by atoms with Gasteiger partial charge in [0.05, 0.1) is 25.0 Å². The minimum Gasteiger partial charge on any atom is -0.497 e. The Bertz CT molecular complexity index is 1210. The molecule has 1 saturated heterocycles. The minimum absolute atomic E-state index is 0.0859. The highest BCUT2D eigenvalue weighted by Crippen LogP contribution is 2.30. The molecule has 1 amide bonds. The summed E-state index contributed by atoms with van der Waals surface area (Å²) >= 11 is 0. The lowest BCUT2D eigenvalue weighted by Gasteiger charge is -2.35. The van der Waals surface area contributed by atoms with Crippen molar-refractivity contribution in [2.45, 2.75) is 19.9 Å². The Labute approximate surface area is 218 Å². The summed E-state index contributed by atoms with van der Waals surface area (Å²) in [5.74, 6) is 1.14. The lowest BCUT2D eigenvalue weighted by molar-refractivity contribution is 0.0723. The maximum absolute atomic E-state index is 14.2. The zero-order valence-electron chi connectivity index (χ0n) is 22.1. The summed E-state index contributed by atoms with van der Waals surface area (Å²) in [5, 5.41) is 4.84. The van der Waals surface area contributed by atoms with E-state index in [1.165, 1.54) is 12.1 Å². The van der Waals surface area contributed by atoms with Crippen LogP contribution in [0.15, 0.2) is 48.5 Å². The molecule has 0 N–H and O–H groups in total. The van der Waals surface area contributed by atoms with E-state index < -0.39 is 0 Å². The number of halogens is 1. The van der Waals surface area contributed by atoms with E-state index in [9.17, 15) is 9.18 Å². The molecule has 9 heteroatoms. The second-order valence-corrected chi connectivity index (χ2v) is 9.37. The van der Waals surface area contributed by atoms with Crippen molar-refractivity contribution >= 4 is 11.7 Å². The van der Waals surface area contributed by atoms with E-state index in [0.717, 1.165) is 43.3 Å². The molecule has 2 aromatic carbocycles. The number of ether oxygens (including phenoxy) is 2. The smallest absolute Gasteiger partial charge is 0.254 e. The third kappa shape index (κ3) is 6.29. The van der Waals surface area contributed by atoms with Crippen LogP contribution >= 0.6 is 0 Å². The molecule has 8 nitrogen and oxygen atoms in total. The predicted molar refractivity (Wildman–Crippen MR) is 142 cm³/mol. The monoisotopic (exact) mass is 509 g/mol. The van der Waals surface area contributed by atoms with Gasteiger partial charge in [0.25, 0.3) is 5.91 Å². The van der Waals surface area contributed by atoms with E-state index in [2.05, 4.69) is 16.8 Å². The molecule has 3 aromatic rings. The minimum atomic E-state index is -0.314. The van der Waals surface area contributed by atoms with E-state index >= 15 is 0 Å². The van der Waals surface area contributed by atoms with Gasteiger partial charge in [0.1, 0.15) is 17.4 Å². The second kappa shape index (κ2) is 12.2. The van der Waals surface area contributed by atoms with Crippen LogP contribution in [0.3, 0.4) is 0 Å². The van der Waals surface area contributed by atoms with E-state index in [1.54, 1.807) is 32.4 Å². The normalized spacial score (nSPS) is 14.1. The number of aryl methyl sites for hydroxylation is 1. The number of amides is 1. The molecule has 0 aliphatic carbocycles. The van der Waals surface area contributed by atoms with Crippen molar-refractivity contribution in [2.75, 3.05) is 65.5 Å². The first-order chi connectivity index (χ1) is 17.9. The molecule has 1 fully saturated rings. The second-order valence-electron chi connectivity index (χ2n) is 9.37. The third-order valence-corrected chi connectivity index (χ3v) is 6.74. The Hall–Kier alpha value is -3.43. The maximum atomic E-state index is 14.2. The van der Waals surface area contributed by atoms with Crippen LogP contribution in [0, 0.1) is 12.7 Å². The van der Waals surface area contributed by atoms with Gasteiger partial charge >= 0.3 is 0 Å². The fraction of sp³-hybridized carbons (Fsp3) is 0.429. The SMILES string of the molecule is COCCCN(Cc1c(C)nn(-c2cccc(F)c2)c1N1CCN(C)CC1)C(=O)c1cccc(OC)c1. The molecule has 4 rings (SSSR count). The van der Waals surface area contributed by atoms with Crippen molar-refractivity contribution in [2.24, 2.45) is 0 Å². The highest BCUT2D eigenvalue weighted by atomic mass is 19.1. The molecule has 0 saturated carbocycles. The number of aromatic nitrogens is 2. The Balaban J connectivity index is 1.74. The molecule has 0 spiro atoms. The maximum Gasteiger partial charge on any atom is 0.254 e. The van der Waals surface area contributed by atoms with Crippen LogP contribution in [0.4, 0.5) is 10.2 Å². The van der Waals surface area contributed by atoms with Gasteiger partial charge in [-0.15, -0.1) is 0 Å². The topological polar surface area (TPSA) is 63.1 Å². The largest absolute Gasteiger partial charge is 0.497 e. The van der Waals surface area contributed by atoms with Gasteiger partial charge in [-0.25, -0.2) is 9.07 Å². The van der Waals surface area contributed by atoms with Gasteiger partial charge in [0.2, 0.25) is 0 Å². The van der Waals surface area contributed by atoms with Crippen molar-refractivity contribution in [3.63, 3.8) is 0 Å². The van der Waals surface area contributed by atoms with Crippen LogP contribution in [0.1, 0.15) is 28.0 Å². The summed E-state index contributed by atoms with van der Waals surface area (Å²) in [6, 6.07) is 13.7. The third-order valence-electron chi connectivity index (χ3n) is 6.74. The molecule has 37 heavy (non-hydrogen) atoms.